The molecule has 0 radical (unpaired) electrons. The Hall–Kier alpha value is -0.0800. The van der Waals surface area contributed by atoms with Crippen LogP contribution in [0.4, 0.5) is 0 Å². The third-order valence-electron chi connectivity index (χ3n) is 3.22. The molecule has 1 aliphatic rings. The summed E-state index contributed by atoms with van der Waals surface area (Å²) in [6.07, 6.45) is 8.35. The standard InChI is InChI=1S/C13H27NO/c1-3-6-12(7-4-2)10-14-11-13-8-5-9-15-13/h12-14H,3-11H2,1-2H3. The van der Waals surface area contributed by atoms with E-state index in [0.717, 1.165) is 19.1 Å². The van der Waals surface area contributed by atoms with Gasteiger partial charge in [0.1, 0.15) is 0 Å². The maximum Gasteiger partial charge on any atom is 0.0700 e. The minimum absolute atomic E-state index is 0.494. The van der Waals surface area contributed by atoms with E-state index in [2.05, 4.69) is 19.2 Å². The predicted molar refractivity (Wildman–Crippen MR) is 65.1 cm³/mol. The monoisotopic (exact) mass is 213 g/mol. The van der Waals surface area contributed by atoms with Gasteiger partial charge in [0.05, 0.1) is 6.10 Å². The van der Waals surface area contributed by atoms with Gasteiger partial charge >= 0.3 is 0 Å². The summed E-state index contributed by atoms with van der Waals surface area (Å²) < 4.78 is 5.59. The van der Waals surface area contributed by atoms with Crippen molar-refractivity contribution in [3.63, 3.8) is 0 Å². The van der Waals surface area contributed by atoms with Crippen molar-refractivity contribution in [2.45, 2.75) is 58.5 Å². The molecule has 0 aromatic rings. The Morgan fingerprint density at radius 1 is 1.27 bits per heavy atom. The minimum atomic E-state index is 0.494. The van der Waals surface area contributed by atoms with Crippen molar-refractivity contribution in [2.75, 3.05) is 19.7 Å². The first-order valence-electron chi connectivity index (χ1n) is 6.69. The van der Waals surface area contributed by atoms with E-state index >= 15 is 0 Å². The maximum absolute atomic E-state index is 5.59. The first-order chi connectivity index (χ1) is 7.36. The number of hydrogen-bond donors (Lipinski definition) is 1. The highest BCUT2D eigenvalue weighted by Gasteiger charge is 2.15. The Morgan fingerprint density at radius 3 is 2.53 bits per heavy atom. The normalized spacial score (nSPS) is 21.4. The van der Waals surface area contributed by atoms with Crippen LogP contribution >= 0.6 is 0 Å². The fourth-order valence-electron chi connectivity index (χ4n) is 2.42. The van der Waals surface area contributed by atoms with Crippen molar-refractivity contribution >= 4 is 0 Å². The Labute approximate surface area is 94.8 Å². The molecule has 15 heavy (non-hydrogen) atoms. The molecule has 0 aromatic carbocycles. The molecular formula is C13H27NO. The Kier molecular flexibility index (Phi) is 7.03. The van der Waals surface area contributed by atoms with Crippen molar-refractivity contribution in [1.29, 1.82) is 0 Å². The first-order valence-corrected chi connectivity index (χ1v) is 6.69. The molecule has 0 aromatic heterocycles. The summed E-state index contributed by atoms with van der Waals surface area (Å²) >= 11 is 0. The summed E-state index contributed by atoms with van der Waals surface area (Å²) in [5.41, 5.74) is 0. The van der Waals surface area contributed by atoms with Gasteiger partial charge in [-0.1, -0.05) is 26.7 Å². The highest BCUT2D eigenvalue weighted by molar-refractivity contribution is 4.69. The molecule has 0 saturated carbocycles. The van der Waals surface area contributed by atoms with Crippen LogP contribution < -0.4 is 5.32 Å². The van der Waals surface area contributed by atoms with Crippen molar-refractivity contribution in [1.82, 2.24) is 5.32 Å². The van der Waals surface area contributed by atoms with Crippen LogP contribution in [0.1, 0.15) is 52.4 Å². The van der Waals surface area contributed by atoms with E-state index < -0.39 is 0 Å². The molecule has 0 aliphatic carbocycles. The van der Waals surface area contributed by atoms with Crippen LogP contribution in [0.25, 0.3) is 0 Å². The molecule has 1 heterocycles. The molecule has 2 nitrogen and oxygen atoms in total. The number of ether oxygens (including phenoxy) is 1. The smallest absolute Gasteiger partial charge is 0.0700 e. The molecular weight excluding hydrogens is 186 g/mol. The largest absolute Gasteiger partial charge is 0.377 e. The summed E-state index contributed by atoms with van der Waals surface area (Å²) in [4.78, 5) is 0. The van der Waals surface area contributed by atoms with Crippen LogP contribution in [0.5, 0.6) is 0 Å². The van der Waals surface area contributed by atoms with E-state index in [1.165, 1.54) is 45.1 Å². The van der Waals surface area contributed by atoms with E-state index in [1.807, 2.05) is 0 Å². The molecule has 0 amide bonds. The maximum atomic E-state index is 5.59. The molecule has 1 fully saturated rings. The van der Waals surface area contributed by atoms with Crippen LogP contribution in [-0.4, -0.2) is 25.8 Å². The lowest BCUT2D eigenvalue weighted by molar-refractivity contribution is 0.109. The molecule has 90 valence electrons. The van der Waals surface area contributed by atoms with Gasteiger partial charge in [0.25, 0.3) is 0 Å². The second kappa shape index (κ2) is 8.12. The van der Waals surface area contributed by atoms with Gasteiger partial charge in [-0.3, -0.25) is 0 Å². The van der Waals surface area contributed by atoms with Gasteiger partial charge < -0.3 is 10.1 Å². The second-order valence-electron chi connectivity index (χ2n) is 4.74. The Balaban J connectivity index is 2.04. The lowest BCUT2D eigenvalue weighted by Crippen LogP contribution is -2.30. The van der Waals surface area contributed by atoms with E-state index in [0.29, 0.717) is 6.10 Å². The van der Waals surface area contributed by atoms with Crippen LogP contribution in [0, 0.1) is 5.92 Å². The fraction of sp³-hybridized carbons (Fsp3) is 1.00. The number of rotatable bonds is 8. The van der Waals surface area contributed by atoms with Crippen LogP contribution in [0.2, 0.25) is 0 Å². The van der Waals surface area contributed by atoms with Crippen LogP contribution in [0.15, 0.2) is 0 Å². The third-order valence-corrected chi connectivity index (χ3v) is 3.22. The Bertz CT molecular complexity index is 137. The van der Waals surface area contributed by atoms with Gasteiger partial charge in [0, 0.05) is 13.2 Å². The van der Waals surface area contributed by atoms with Crippen molar-refractivity contribution in [3.05, 3.63) is 0 Å². The minimum Gasteiger partial charge on any atom is -0.377 e. The summed E-state index contributed by atoms with van der Waals surface area (Å²) in [7, 11) is 0. The molecule has 1 N–H and O–H groups in total. The molecule has 1 atom stereocenters. The van der Waals surface area contributed by atoms with E-state index in [4.69, 9.17) is 4.74 Å². The topological polar surface area (TPSA) is 21.3 Å². The quantitative estimate of drug-likeness (QED) is 0.669. The van der Waals surface area contributed by atoms with Crippen molar-refractivity contribution in [2.24, 2.45) is 5.92 Å². The fourth-order valence-corrected chi connectivity index (χ4v) is 2.42. The summed E-state index contributed by atoms with van der Waals surface area (Å²) in [6, 6.07) is 0. The number of hydrogen-bond acceptors (Lipinski definition) is 2. The predicted octanol–water partition coefficient (Wildman–Crippen LogP) is 2.97. The molecule has 1 aliphatic heterocycles. The zero-order valence-corrected chi connectivity index (χ0v) is 10.4. The molecule has 0 spiro atoms. The third kappa shape index (κ3) is 5.53. The van der Waals surface area contributed by atoms with Gasteiger partial charge in [0.15, 0.2) is 0 Å². The molecule has 1 unspecified atom stereocenters. The lowest BCUT2D eigenvalue weighted by atomic mass is 9.98. The van der Waals surface area contributed by atoms with E-state index in [9.17, 15) is 0 Å². The van der Waals surface area contributed by atoms with Crippen LogP contribution in [-0.2, 0) is 4.74 Å². The molecule has 1 saturated heterocycles. The highest BCUT2D eigenvalue weighted by Crippen LogP contribution is 2.13. The highest BCUT2D eigenvalue weighted by atomic mass is 16.5. The second-order valence-corrected chi connectivity index (χ2v) is 4.74. The molecule has 1 rings (SSSR count). The van der Waals surface area contributed by atoms with Crippen molar-refractivity contribution < 1.29 is 4.74 Å². The SMILES string of the molecule is CCCC(CCC)CNCC1CCCO1. The average Bonchev–Trinajstić information content (AvgIpc) is 2.71. The summed E-state index contributed by atoms with van der Waals surface area (Å²) in [6.45, 7) is 7.77. The zero-order chi connectivity index (χ0) is 10.9. The van der Waals surface area contributed by atoms with Crippen LogP contribution in [0.3, 0.4) is 0 Å². The molecule has 0 bridgehead atoms. The Morgan fingerprint density at radius 2 is 2.00 bits per heavy atom. The van der Waals surface area contributed by atoms with Gasteiger partial charge in [-0.05, 0) is 38.1 Å². The van der Waals surface area contributed by atoms with Crippen molar-refractivity contribution in [3.8, 4) is 0 Å². The summed E-state index contributed by atoms with van der Waals surface area (Å²) in [5, 5.41) is 3.57. The zero-order valence-electron chi connectivity index (χ0n) is 10.4. The van der Waals surface area contributed by atoms with Gasteiger partial charge in [0.2, 0.25) is 0 Å². The van der Waals surface area contributed by atoms with Gasteiger partial charge in [-0.15, -0.1) is 0 Å². The van der Waals surface area contributed by atoms with E-state index in [1.54, 1.807) is 0 Å². The average molecular weight is 213 g/mol. The van der Waals surface area contributed by atoms with Gasteiger partial charge in [-0.2, -0.15) is 0 Å². The van der Waals surface area contributed by atoms with Gasteiger partial charge in [-0.25, -0.2) is 0 Å². The van der Waals surface area contributed by atoms with E-state index in [-0.39, 0.29) is 0 Å². The summed E-state index contributed by atoms with van der Waals surface area (Å²) in [5.74, 6) is 0.876. The lowest BCUT2D eigenvalue weighted by Gasteiger charge is -2.17. The number of nitrogens with one attached hydrogen (secondary N) is 1. The molecule has 2 heteroatoms. The first kappa shape index (κ1) is 13.0.